The van der Waals surface area contributed by atoms with Crippen LogP contribution in [0.1, 0.15) is 6.92 Å². The van der Waals surface area contributed by atoms with Gasteiger partial charge in [0.25, 0.3) is 0 Å². The number of rotatable bonds is 5. The van der Waals surface area contributed by atoms with Crippen LogP contribution in [0.3, 0.4) is 0 Å². The largest absolute Gasteiger partial charge is 0.573 e. The second kappa shape index (κ2) is 6.99. The predicted molar refractivity (Wildman–Crippen MR) is 66.4 cm³/mol. The molecule has 0 saturated heterocycles. The molecule has 0 radical (unpaired) electrons. The van der Waals surface area contributed by atoms with E-state index in [1.54, 1.807) is 6.92 Å². The van der Waals surface area contributed by atoms with Gasteiger partial charge in [0.05, 0.1) is 0 Å². The second-order valence-electron chi connectivity index (χ2n) is 4.19. The van der Waals surface area contributed by atoms with Crippen LogP contribution in [0, 0.1) is 5.92 Å². The molecule has 0 heterocycles. The molecule has 0 bridgehead atoms. The molecule has 0 aromatic heterocycles. The van der Waals surface area contributed by atoms with Crippen molar-refractivity contribution in [3.05, 3.63) is 24.3 Å². The van der Waals surface area contributed by atoms with E-state index in [4.69, 9.17) is 5.11 Å². The molecule has 8 heteroatoms. The van der Waals surface area contributed by atoms with E-state index in [1.807, 2.05) is 0 Å². The summed E-state index contributed by atoms with van der Waals surface area (Å²) >= 11 is 0. The molecular weight excluding hydrogens is 277 g/mol. The molecule has 2 amide bonds. The van der Waals surface area contributed by atoms with Crippen molar-refractivity contribution in [1.82, 2.24) is 5.32 Å². The van der Waals surface area contributed by atoms with Crippen molar-refractivity contribution in [1.29, 1.82) is 0 Å². The van der Waals surface area contributed by atoms with Gasteiger partial charge in [0.15, 0.2) is 0 Å². The Hall–Kier alpha value is -1.96. The maximum absolute atomic E-state index is 11.9. The molecule has 1 aromatic rings. The number of hydrogen-bond donors (Lipinski definition) is 3. The fourth-order valence-electron chi connectivity index (χ4n) is 1.25. The lowest BCUT2D eigenvalue weighted by atomic mass is 10.2. The Labute approximate surface area is 113 Å². The first-order valence-electron chi connectivity index (χ1n) is 5.81. The van der Waals surface area contributed by atoms with Gasteiger partial charge in [-0.25, -0.2) is 4.79 Å². The van der Waals surface area contributed by atoms with Gasteiger partial charge in [-0.3, -0.25) is 0 Å². The Kier molecular flexibility index (Phi) is 5.63. The van der Waals surface area contributed by atoms with Crippen molar-refractivity contribution in [2.24, 2.45) is 5.92 Å². The standard InChI is InChI=1S/C12H15F3N2O3/c1-8(7-18)6-16-11(19)17-9-2-4-10(5-3-9)20-12(13,14)15/h2-5,8,18H,6-7H2,1H3,(H2,16,17,19). The van der Waals surface area contributed by atoms with Crippen molar-refractivity contribution in [2.75, 3.05) is 18.5 Å². The fourth-order valence-corrected chi connectivity index (χ4v) is 1.25. The summed E-state index contributed by atoms with van der Waals surface area (Å²) in [5.41, 5.74) is 0.327. The van der Waals surface area contributed by atoms with Crippen molar-refractivity contribution in [3.63, 3.8) is 0 Å². The number of amides is 2. The number of alkyl halides is 3. The highest BCUT2D eigenvalue weighted by Gasteiger charge is 2.30. The molecule has 1 unspecified atom stereocenters. The second-order valence-corrected chi connectivity index (χ2v) is 4.19. The first kappa shape index (κ1) is 16.1. The first-order valence-corrected chi connectivity index (χ1v) is 5.81. The minimum atomic E-state index is -4.74. The number of carbonyl (C=O) groups excluding carboxylic acids is 1. The van der Waals surface area contributed by atoms with Gasteiger partial charge in [0.1, 0.15) is 5.75 Å². The lowest BCUT2D eigenvalue weighted by Crippen LogP contribution is -2.33. The fraction of sp³-hybridized carbons (Fsp3) is 0.417. The first-order chi connectivity index (χ1) is 9.30. The number of aliphatic hydroxyl groups excluding tert-OH is 1. The summed E-state index contributed by atoms with van der Waals surface area (Å²) in [6.07, 6.45) is -4.74. The molecular formula is C12H15F3N2O3. The smallest absolute Gasteiger partial charge is 0.406 e. The Morgan fingerprint density at radius 3 is 2.45 bits per heavy atom. The van der Waals surface area contributed by atoms with Crippen LogP contribution in [-0.4, -0.2) is 30.7 Å². The number of carbonyl (C=O) groups is 1. The zero-order chi connectivity index (χ0) is 15.2. The van der Waals surface area contributed by atoms with E-state index >= 15 is 0 Å². The number of halogens is 3. The number of aliphatic hydroxyl groups is 1. The van der Waals surface area contributed by atoms with E-state index in [2.05, 4.69) is 15.4 Å². The van der Waals surface area contributed by atoms with E-state index < -0.39 is 12.4 Å². The van der Waals surface area contributed by atoms with Crippen molar-refractivity contribution < 1.29 is 27.8 Å². The van der Waals surface area contributed by atoms with Crippen LogP contribution in [0.4, 0.5) is 23.7 Å². The Morgan fingerprint density at radius 1 is 1.35 bits per heavy atom. The third-order valence-electron chi connectivity index (χ3n) is 2.27. The number of hydrogen-bond acceptors (Lipinski definition) is 3. The summed E-state index contributed by atoms with van der Waals surface area (Å²) in [4.78, 5) is 11.4. The molecule has 1 aromatic carbocycles. The van der Waals surface area contributed by atoms with Crippen LogP contribution >= 0.6 is 0 Å². The van der Waals surface area contributed by atoms with Gasteiger partial charge in [-0.15, -0.1) is 13.2 Å². The van der Waals surface area contributed by atoms with Gasteiger partial charge in [0, 0.05) is 18.8 Å². The van der Waals surface area contributed by atoms with Crippen LogP contribution in [0.5, 0.6) is 5.75 Å². The highest BCUT2D eigenvalue weighted by atomic mass is 19.4. The van der Waals surface area contributed by atoms with Crippen LogP contribution < -0.4 is 15.4 Å². The lowest BCUT2D eigenvalue weighted by molar-refractivity contribution is -0.274. The van der Waals surface area contributed by atoms with Gasteiger partial charge in [-0.05, 0) is 30.2 Å². The van der Waals surface area contributed by atoms with Crippen LogP contribution in [0.2, 0.25) is 0 Å². The van der Waals surface area contributed by atoms with Gasteiger partial charge < -0.3 is 20.5 Å². The summed E-state index contributed by atoms with van der Waals surface area (Å²) < 4.78 is 39.5. The van der Waals surface area contributed by atoms with Gasteiger partial charge in [-0.1, -0.05) is 6.92 Å². The Balaban J connectivity index is 2.47. The number of benzene rings is 1. The molecule has 5 nitrogen and oxygen atoms in total. The lowest BCUT2D eigenvalue weighted by Gasteiger charge is -2.12. The summed E-state index contributed by atoms with van der Waals surface area (Å²) in [5, 5.41) is 13.7. The van der Waals surface area contributed by atoms with E-state index in [0.717, 1.165) is 12.1 Å². The molecule has 0 aliphatic heterocycles. The van der Waals surface area contributed by atoms with E-state index in [-0.39, 0.29) is 24.8 Å². The highest BCUT2D eigenvalue weighted by molar-refractivity contribution is 5.89. The quantitative estimate of drug-likeness (QED) is 0.780. The van der Waals surface area contributed by atoms with Gasteiger partial charge in [0.2, 0.25) is 0 Å². The zero-order valence-electron chi connectivity index (χ0n) is 10.7. The molecule has 1 atom stereocenters. The normalized spacial score (nSPS) is 12.7. The van der Waals surface area contributed by atoms with Crippen LogP contribution in [0.15, 0.2) is 24.3 Å². The number of ether oxygens (including phenoxy) is 1. The van der Waals surface area contributed by atoms with Crippen molar-refractivity contribution in [3.8, 4) is 5.75 Å². The molecule has 3 N–H and O–H groups in total. The topological polar surface area (TPSA) is 70.6 Å². The highest BCUT2D eigenvalue weighted by Crippen LogP contribution is 2.23. The molecule has 0 spiro atoms. The predicted octanol–water partition coefficient (Wildman–Crippen LogP) is 2.34. The minimum absolute atomic E-state index is 0.0518. The average Bonchev–Trinajstić information content (AvgIpc) is 2.36. The third-order valence-corrected chi connectivity index (χ3v) is 2.27. The SMILES string of the molecule is CC(CO)CNC(=O)Nc1ccc(OC(F)(F)F)cc1. The maximum atomic E-state index is 11.9. The van der Waals surface area contributed by atoms with Gasteiger partial charge >= 0.3 is 12.4 Å². The van der Waals surface area contributed by atoms with Crippen LogP contribution in [0.25, 0.3) is 0 Å². The molecule has 0 fully saturated rings. The number of urea groups is 1. The number of nitrogens with one attached hydrogen (secondary N) is 2. The number of anilines is 1. The third kappa shape index (κ3) is 6.28. The monoisotopic (exact) mass is 292 g/mol. The molecule has 112 valence electrons. The summed E-state index contributed by atoms with van der Waals surface area (Å²) in [5.74, 6) is -0.444. The molecule has 0 saturated carbocycles. The molecule has 20 heavy (non-hydrogen) atoms. The summed E-state index contributed by atoms with van der Waals surface area (Å²) in [6.45, 7) is 1.99. The molecule has 1 rings (SSSR count). The van der Waals surface area contributed by atoms with Gasteiger partial charge in [-0.2, -0.15) is 0 Å². The van der Waals surface area contributed by atoms with Crippen molar-refractivity contribution >= 4 is 11.7 Å². The summed E-state index contributed by atoms with van der Waals surface area (Å²) in [7, 11) is 0. The van der Waals surface area contributed by atoms with E-state index in [9.17, 15) is 18.0 Å². The average molecular weight is 292 g/mol. The zero-order valence-corrected chi connectivity index (χ0v) is 10.7. The minimum Gasteiger partial charge on any atom is -0.406 e. The van der Waals surface area contributed by atoms with Crippen molar-refractivity contribution in [2.45, 2.75) is 13.3 Å². The summed E-state index contributed by atoms with van der Waals surface area (Å²) in [6, 6.07) is 4.26. The Morgan fingerprint density at radius 2 is 1.95 bits per heavy atom. The maximum Gasteiger partial charge on any atom is 0.573 e. The molecule has 0 aliphatic carbocycles. The van der Waals surface area contributed by atoms with E-state index in [1.165, 1.54) is 12.1 Å². The Bertz CT molecular complexity index is 435. The van der Waals surface area contributed by atoms with E-state index in [0.29, 0.717) is 5.69 Å². The molecule has 0 aliphatic rings. The van der Waals surface area contributed by atoms with Crippen LogP contribution in [-0.2, 0) is 0 Å².